The van der Waals surface area contributed by atoms with Gasteiger partial charge in [-0.05, 0) is 49.9 Å². The standard InChI is InChI=1S/C28H36F3N3O4S/c1-21(27(36)32-24-14-7-4-8-15-24)33(20-22-11-5-3-6-12-22)26(35)17-10-18-34(39(2,37)38)25-16-9-13-23(19-25)28(29,30)31/h3,5-6,9,11-13,16,19,21,24H,4,7-8,10,14-15,17-18,20H2,1-2H3,(H,32,36)/t21-/m0/s1. The van der Waals surface area contributed by atoms with E-state index in [-0.39, 0.29) is 49.5 Å². The third-order valence-electron chi connectivity index (χ3n) is 6.93. The fourth-order valence-corrected chi connectivity index (χ4v) is 5.73. The van der Waals surface area contributed by atoms with E-state index in [9.17, 15) is 31.2 Å². The van der Waals surface area contributed by atoms with Gasteiger partial charge < -0.3 is 10.2 Å². The highest BCUT2D eigenvalue weighted by Gasteiger charge is 2.32. The van der Waals surface area contributed by atoms with Gasteiger partial charge in [0.2, 0.25) is 21.8 Å². The molecule has 2 aromatic carbocycles. The highest BCUT2D eigenvalue weighted by atomic mass is 32.2. The molecule has 1 fully saturated rings. The number of amides is 2. The summed E-state index contributed by atoms with van der Waals surface area (Å²) in [7, 11) is -3.92. The van der Waals surface area contributed by atoms with E-state index in [4.69, 9.17) is 0 Å². The van der Waals surface area contributed by atoms with Gasteiger partial charge in [-0.3, -0.25) is 13.9 Å². The quantitative estimate of drug-likeness (QED) is 0.409. The maximum atomic E-state index is 13.4. The van der Waals surface area contributed by atoms with Crippen LogP contribution in [0.3, 0.4) is 0 Å². The maximum Gasteiger partial charge on any atom is 0.416 e. The normalized spacial score (nSPS) is 15.4. The van der Waals surface area contributed by atoms with E-state index in [2.05, 4.69) is 5.32 Å². The van der Waals surface area contributed by atoms with Crippen molar-refractivity contribution in [2.24, 2.45) is 0 Å². The van der Waals surface area contributed by atoms with Gasteiger partial charge in [-0.1, -0.05) is 55.7 Å². The lowest BCUT2D eigenvalue weighted by molar-refractivity contribution is -0.141. The lowest BCUT2D eigenvalue weighted by Crippen LogP contribution is -2.50. The second-order valence-corrected chi connectivity index (χ2v) is 11.9. The van der Waals surface area contributed by atoms with Crippen LogP contribution in [0.1, 0.15) is 63.0 Å². The van der Waals surface area contributed by atoms with Crippen LogP contribution in [0.15, 0.2) is 54.6 Å². The molecule has 11 heteroatoms. The van der Waals surface area contributed by atoms with Crippen molar-refractivity contribution in [2.75, 3.05) is 17.1 Å². The van der Waals surface area contributed by atoms with E-state index in [0.29, 0.717) is 0 Å². The monoisotopic (exact) mass is 567 g/mol. The molecule has 0 radical (unpaired) electrons. The molecule has 0 heterocycles. The SMILES string of the molecule is C[C@@H](C(=O)NC1CCCCC1)N(Cc1ccccc1)C(=O)CCCN(c1cccc(C(F)(F)F)c1)S(C)(=O)=O. The highest BCUT2D eigenvalue weighted by Crippen LogP contribution is 2.32. The van der Waals surface area contributed by atoms with Crippen LogP contribution in [-0.2, 0) is 32.3 Å². The second kappa shape index (κ2) is 13.3. The molecule has 1 atom stereocenters. The first-order chi connectivity index (χ1) is 18.4. The van der Waals surface area contributed by atoms with Gasteiger partial charge in [0, 0.05) is 25.6 Å². The summed E-state index contributed by atoms with van der Waals surface area (Å²) in [4.78, 5) is 27.9. The smallest absolute Gasteiger partial charge is 0.352 e. The van der Waals surface area contributed by atoms with Gasteiger partial charge in [-0.15, -0.1) is 0 Å². The summed E-state index contributed by atoms with van der Waals surface area (Å²) in [5.74, 6) is -0.587. The molecule has 0 spiro atoms. The van der Waals surface area contributed by atoms with Gasteiger partial charge in [0.05, 0.1) is 17.5 Å². The first-order valence-corrected chi connectivity index (χ1v) is 15.0. The van der Waals surface area contributed by atoms with E-state index < -0.39 is 27.8 Å². The van der Waals surface area contributed by atoms with E-state index >= 15 is 0 Å². The number of rotatable bonds is 11. The van der Waals surface area contributed by atoms with Crippen LogP contribution in [0.5, 0.6) is 0 Å². The van der Waals surface area contributed by atoms with Crippen LogP contribution in [0, 0.1) is 0 Å². The predicted octanol–water partition coefficient (Wildman–Crippen LogP) is 5.12. The molecule has 1 aliphatic carbocycles. The number of sulfonamides is 1. The van der Waals surface area contributed by atoms with Crippen molar-refractivity contribution in [1.29, 1.82) is 0 Å². The second-order valence-electron chi connectivity index (χ2n) is 10.0. The Morgan fingerprint density at radius 1 is 1.03 bits per heavy atom. The Morgan fingerprint density at radius 3 is 2.31 bits per heavy atom. The Hall–Kier alpha value is -3.08. The molecule has 39 heavy (non-hydrogen) atoms. The van der Waals surface area contributed by atoms with Crippen molar-refractivity contribution in [2.45, 2.75) is 76.7 Å². The van der Waals surface area contributed by atoms with Crippen molar-refractivity contribution < 1.29 is 31.2 Å². The summed E-state index contributed by atoms with van der Waals surface area (Å²) in [6.45, 7) is 1.68. The van der Waals surface area contributed by atoms with Gasteiger partial charge in [-0.2, -0.15) is 13.2 Å². The van der Waals surface area contributed by atoms with Crippen molar-refractivity contribution >= 4 is 27.5 Å². The first-order valence-electron chi connectivity index (χ1n) is 13.1. The van der Waals surface area contributed by atoms with E-state index in [1.165, 1.54) is 11.0 Å². The number of hydrogen-bond donors (Lipinski definition) is 1. The van der Waals surface area contributed by atoms with Gasteiger partial charge in [0.1, 0.15) is 6.04 Å². The first kappa shape index (κ1) is 30.5. The zero-order chi connectivity index (χ0) is 28.6. The van der Waals surface area contributed by atoms with Crippen LogP contribution in [0.4, 0.5) is 18.9 Å². The molecule has 3 rings (SSSR count). The lowest BCUT2D eigenvalue weighted by atomic mass is 9.95. The number of halogens is 3. The third-order valence-corrected chi connectivity index (χ3v) is 8.12. The molecule has 1 N–H and O–H groups in total. The molecule has 0 aliphatic heterocycles. The topological polar surface area (TPSA) is 86.8 Å². The van der Waals surface area contributed by atoms with Crippen LogP contribution in [0.25, 0.3) is 0 Å². The van der Waals surface area contributed by atoms with Gasteiger partial charge in [0.25, 0.3) is 0 Å². The minimum atomic E-state index is -4.62. The molecule has 1 saturated carbocycles. The Kier molecular flexibility index (Phi) is 10.4. The summed E-state index contributed by atoms with van der Waals surface area (Å²) in [6, 6.07) is 12.6. The largest absolute Gasteiger partial charge is 0.416 e. The summed E-state index contributed by atoms with van der Waals surface area (Å²) in [5.41, 5.74) is -0.248. The molecule has 0 aromatic heterocycles. The minimum Gasteiger partial charge on any atom is -0.352 e. The molecular formula is C28H36F3N3O4S. The average molecular weight is 568 g/mol. The van der Waals surface area contributed by atoms with Crippen molar-refractivity contribution in [1.82, 2.24) is 10.2 Å². The summed E-state index contributed by atoms with van der Waals surface area (Å²) in [5, 5.41) is 3.06. The zero-order valence-corrected chi connectivity index (χ0v) is 23.1. The zero-order valence-electron chi connectivity index (χ0n) is 22.3. The maximum absolute atomic E-state index is 13.4. The fourth-order valence-electron chi connectivity index (χ4n) is 4.77. The average Bonchev–Trinajstić information content (AvgIpc) is 2.89. The molecule has 7 nitrogen and oxygen atoms in total. The molecule has 0 saturated heterocycles. The predicted molar refractivity (Wildman–Crippen MR) is 144 cm³/mol. The number of benzene rings is 2. The van der Waals surface area contributed by atoms with Crippen molar-refractivity contribution in [3.63, 3.8) is 0 Å². The molecule has 214 valence electrons. The Bertz CT molecular complexity index is 1220. The van der Waals surface area contributed by atoms with Gasteiger partial charge >= 0.3 is 6.18 Å². The van der Waals surface area contributed by atoms with Crippen molar-refractivity contribution in [3.8, 4) is 0 Å². The van der Waals surface area contributed by atoms with Gasteiger partial charge in [-0.25, -0.2) is 8.42 Å². The van der Waals surface area contributed by atoms with Gasteiger partial charge in [0.15, 0.2) is 0 Å². The number of carbonyl (C=O) groups is 2. The third kappa shape index (κ3) is 8.98. The molecule has 0 bridgehead atoms. The number of anilines is 1. The number of nitrogens with zero attached hydrogens (tertiary/aromatic N) is 2. The summed E-state index contributed by atoms with van der Waals surface area (Å²) < 4.78 is 65.3. The van der Waals surface area contributed by atoms with E-state index in [0.717, 1.165) is 66.4 Å². The summed E-state index contributed by atoms with van der Waals surface area (Å²) in [6.07, 6.45) is 1.32. The number of hydrogen-bond acceptors (Lipinski definition) is 4. The van der Waals surface area contributed by atoms with Crippen LogP contribution in [0.2, 0.25) is 0 Å². The lowest BCUT2D eigenvalue weighted by Gasteiger charge is -2.31. The van der Waals surface area contributed by atoms with Crippen LogP contribution in [-0.4, -0.2) is 50.0 Å². The fraction of sp³-hybridized carbons (Fsp3) is 0.500. The highest BCUT2D eigenvalue weighted by molar-refractivity contribution is 7.92. The molecule has 2 aromatic rings. The molecule has 2 amide bonds. The molecule has 0 unspecified atom stereocenters. The van der Waals surface area contributed by atoms with E-state index in [1.54, 1.807) is 6.92 Å². The molecular weight excluding hydrogens is 531 g/mol. The Labute approximate surface area is 228 Å². The number of carbonyl (C=O) groups excluding carboxylic acids is 2. The molecule has 1 aliphatic rings. The minimum absolute atomic E-state index is 0.0599. The Balaban J connectivity index is 1.72. The van der Waals surface area contributed by atoms with Crippen LogP contribution >= 0.6 is 0 Å². The number of nitrogens with one attached hydrogen (secondary N) is 1. The van der Waals surface area contributed by atoms with Crippen LogP contribution < -0.4 is 9.62 Å². The number of alkyl halides is 3. The Morgan fingerprint density at radius 2 is 1.69 bits per heavy atom. The van der Waals surface area contributed by atoms with E-state index in [1.807, 2.05) is 30.3 Å². The van der Waals surface area contributed by atoms with Crippen molar-refractivity contribution in [3.05, 3.63) is 65.7 Å². The summed E-state index contributed by atoms with van der Waals surface area (Å²) >= 11 is 0.